The molecule has 0 atom stereocenters. The number of nitrogens with zero attached hydrogens (tertiary/aromatic N) is 3. The van der Waals surface area contributed by atoms with Crippen molar-refractivity contribution in [1.82, 2.24) is 20.1 Å². The molecule has 0 aliphatic heterocycles. The number of amides is 1. The smallest absolute Gasteiger partial charge is 0.271 e. The second kappa shape index (κ2) is 4.22. The second-order valence-corrected chi connectivity index (χ2v) is 3.76. The number of carbonyl (C=O) groups is 1. The number of aryl methyl sites for hydroxylation is 1. The van der Waals surface area contributed by atoms with E-state index >= 15 is 0 Å². The molecular weight excluding hydrogens is 212 g/mol. The molecule has 0 aromatic carbocycles. The minimum atomic E-state index is -0.165. The third kappa shape index (κ3) is 2.41. The monoisotopic (exact) mass is 222 g/mol. The summed E-state index contributed by atoms with van der Waals surface area (Å²) in [4.78, 5) is 15.4. The van der Waals surface area contributed by atoms with Gasteiger partial charge >= 0.3 is 0 Å². The van der Waals surface area contributed by atoms with Crippen molar-refractivity contribution in [2.24, 2.45) is 7.05 Å². The van der Waals surface area contributed by atoms with Crippen LogP contribution in [-0.4, -0.2) is 20.7 Å². The quantitative estimate of drug-likeness (QED) is 0.836. The van der Waals surface area contributed by atoms with E-state index in [2.05, 4.69) is 15.4 Å². The standard InChI is InChI=1S/C9H10N4OS/c1-13-3-2-7(12-13)4-10-9(14)8-5-15-6-11-8/h2-3,5-6H,4H2,1H3,(H,10,14). The molecule has 15 heavy (non-hydrogen) atoms. The molecule has 6 heteroatoms. The average molecular weight is 222 g/mol. The number of hydrogen-bond acceptors (Lipinski definition) is 4. The second-order valence-electron chi connectivity index (χ2n) is 3.04. The van der Waals surface area contributed by atoms with Crippen molar-refractivity contribution < 1.29 is 4.79 Å². The number of carbonyl (C=O) groups excluding carboxylic acids is 1. The lowest BCUT2D eigenvalue weighted by atomic mass is 10.4. The Labute approximate surface area is 90.8 Å². The summed E-state index contributed by atoms with van der Waals surface area (Å²) >= 11 is 1.40. The van der Waals surface area contributed by atoms with E-state index in [1.807, 2.05) is 19.3 Å². The molecule has 1 N–H and O–H groups in total. The van der Waals surface area contributed by atoms with Crippen molar-refractivity contribution in [1.29, 1.82) is 0 Å². The van der Waals surface area contributed by atoms with Gasteiger partial charge in [-0.25, -0.2) is 4.98 Å². The lowest BCUT2D eigenvalue weighted by Gasteiger charge is -1.99. The maximum atomic E-state index is 11.5. The maximum absolute atomic E-state index is 11.5. The van der Waals surface area contributed by atoms with Crippen LogP contribution in [0, 0.1) is 0 Å². The Balaban J connectivity index is 1.91. The summed E-state index contributed by atoms with van der Waals surface area (Å²) in [6.45, 7) is 0.428. The minimum Gasteiger partial charge on any atom is -0.345 e. The van der Waals surface area contributed by atoms with Crippen molar-refractivity contribution in [2.75, 3.05) is 0 Å². The van der Waals surface area contributed by atoms with E-state index in [4.69, 9.17) is 0 Å². The van der Waals surface area contributed by atoms with Crippen LogP contribution >= 0.6 is 11.3 Å². The van der Waals surface area contributed by atoms with Gasteiger partial charge in [0.05, 0.1) is 17.7 Å². The molecule has 0 radical (unpaired) electrons. The van der Waals surface area contributed by atoms with Crippen LogP contribution in [0.15, 0.2) is 23.2 Å². The first-order valence-electron chi connectivity index (χ1n) is 4.40. The SMILES string of the molecule is Cn1ccc(CNC(=O)c2cscn2)n1. The van der Waals surface area contributed by atoms with Crippen molar-refractivity contribution in [3.8, 4) is 0 Å². The first-order chi connectivity index (χ1) is 7.25. The lowest BCUT2D eigenvalue weighted by molar-refractivity contribution is 0.0946. The highest BCUT2D eigenvalue weighted by molar-refractivity contribution is 7.07. The average Bonchev–Trinajstić information content (AvgIpc) is 2.84. The van der Waals surface area contributed by atoms with Gasteiger partial charge in [-0.3, -0.25) is 9.48 Å². The molecule has 2 aromatic rings. The maximum Gasteiger partial charge on any atom is 0.271 e. The van der Waals surface area contributed by atoms with Gasteiger partial charge in [-0.1, -0.05) is 0 Å². The summed E-state index contributed by atoms with van der Waals surface area (Å²) in [6.07, 6.45) is 1.84. The molecule has 0 aliphatic rings. The fourth-order valence-corrected chi connectivity index (χ4v) is 1.68. The minimum absolute atomic E-state index is 0.165. The van der Waals surface area contributed by atoms with E-state index in [1.165, 1.54) is 11.3 Å². The zero-order valence-electron chi connectivity index (χ0n) is 8.17. The number of thiazole rings is 1. The van der Waals surface area contributed by atoms with Crippen LogP contribution < -0.4 is 5.32 Å². The lowest BCUT2D eigenvalue weighted by Crippen LogP contribution is -2.23. The predicted octanol–water partition coefficient (Wildman–Crippen LogP) is 0.807. The van der Waals surface area contributed by atoms with E-state index in [1.54, 1.807) is 15.6 Å². The summed E-state index contributed by atoms with van der Waals surface area (Å²) in [5.74, 6) is -0.165. The van der Waals surface area contributed by atoms with Crippen LogP contribution in [-0.2, 0) is 13.6 Å². The van der Waals surface area contributed by atoms with Gasteiger partial charge in [0.25, 0.3) is 5.91 Å². The zero-order valence-corrected chi connectivity index (χ0v) is 8.99. The first-order valence-corrected chi connectivity index (χ1v) is 5.35. The van der Waals surface area contributed by atoms with Crippen LogP contribution in [0.3, 0.4) is 0 Å². The van der Waals surface area contributed by atoms with Gasteiger partial charge in [0, 0.05) is 18.6 Å². The normalized spacial score (nSPS) is 10.2. The Hall–Kier alpha value is -1.69. The molecule has 2 aromatic heterocycles. The van der Waals surface area contributed by atoms with Crippen LogP contribution in [0.4, 0.5) is 0 Å². The molecule has 2 rings (SSSR count). The molecule has 0 unspecified atom stereocenters. The Bertz CT molecular complexity index is 448. The van der Waals surface area contributed by atoms with E-state index < -0.39 is 0 Å². The molecule has 0 aliphatic carbocycles. The Kier molecular flexibility index (Phi) is 2.77. The van der Waals surface area contributed by atoms with Crippen molar-refractivity contribution in [2.45, 2.75) is 6.54 Å². The van der Waals surface area contributed by atoms with Gasteiger partial charge in [0.1, 0.15) is 5.69 Å². The molecule has 0 bridgehead atoms. The fourth-order valence-electron chi connectivity index (χ4n) is 1.14. The summed E-state index contributed by atoms with van der Waals surface area (Å²) in [7, 11) is 1.84. The van der Waals surface area contributed by atoms with Crippen LogP contribution in [0.5, 0.6) is 0 Å². The molecule has 0 saturated heterocycles. The number of nitrogens with one attached hydrogen (secondary N) is 1. The largest absolute Gasteiger partial charge is 0.345 e. The van der Waals surface area contributed by atoms with Gasteiger partial charge in [-0.05, 0) is 6.07 Å². The zero-order chi connectivity index (χ0) is 10.7. The van der Waals surface area contributed by atoms with Crippen molar-refractivity contribution in [3.05, 3.63) is 34.5 Å². The number of aromatic nitrogens is 3. The van der Waals surface area contributed by atoms with Gasteiger partial charge in [-0.2, -0.15) is 5.10 Å². The predicted molar refractivity (Wildman–Crippen MR) is 56.5 cm³/mol. The molecule has 5 nitrogen and oxygen atoms in total. The first kappa shape index (κ1) is 9.85. The Morgan fingerprint density at radius 2 is 2.53 bits per heavy atom. The molecule has 0 saturated carbocycles. The third-order valence-corrected chi connectivity index (χ3v) is 2.45. The van der Waals surface area contributed by atoms with Gasteiger partial charge in [0.2, 0.25) is 0 Å². The Morgan fingerprint density at radius 3 is 3.13 bits per heavy atom. The van der Waals surface area contributed by atoms with E-state index in [-0.39, 0.29) is 5.91 Å². The third-order valence-electron chi connectivity index (χ3n) is 1.86. The van der Waals surface area contributed by atoms with E-state index in [0.717, 1.165) is 5.69 Å². The highest BCUT2D eigenvalue weighted by atomic mass is 32.1. The van der Waals surface area contributed by atoms with Gasteiger partial charge < -0.3 is 5.32 Å². The van der Waals surface area contributed by atoms with Crippen molar-refractivity contribution in [3.63, 3.8) is 0 Å². The number of hydrogen-bond donors (Lipinski definition) is 1. The van der Waals surface area contributed by atoms with Gasteiger partial charge in [0.15, 0.2) is 0 Å². The fraction of sp³-hybridized carbons (Fsp3) is 0.222. The van der Waals surface area contributed by atoms with E-state index in [9.17, 15) is 4.79 Å². The molecule has 1 amide bonds. The van der Waals surface area contributed by atoms with E-state index in [0.29, 0.717) is 12.2 Å². The summed E-state index contributed by atoms with van der Waals surface area (Å²) in [6, 6.07) is 1.86. The molecule has 0 fully saturated rings. The molecular formula is C9H10N4OS. The van der Waals surface area contributed by atoms with Crippen LogP contribution in [0.25, 0.3) is 0 Å². The van der Waals surface area contributed by atoms with Crippen molar-refractivity contribution >= 4 is 17.2 Å². The van der Waals surface area contributed by atoms with Crippen LogP contribution in [0.1, 0.15) is 16.2 Å². The highest BCUT2D eigenvalue weighted by Crippen LogP contribution is 2.01. The molecule has 2 heterocycles. The molecule has 0 spiro atoms. The summed E-state index contributed by atoms with van der Waals surface area (Å²) < 4.78 is 1.70. The summed E-state index contributed by atoms with van der Waals surface area (Å²) in [5, 5.41) is 8.61. The number of rotatable bonds is 3. The molecule has 78 valence electrons. The van der Waals surface area contributed by atoms with Gasteiger partial charge in [-0.15, -0.1) is 11.3 Å². The summed E-state index contributed by atoms with van der Waals surface area (Å²) in [5.41, 5.74) is 2.92. The van der Waals surface area contributed by atoms with Crippen LogP contribution in [0.2, 0.25) is 0 Å². The highest BCUT2D eigenvalue weighted by Gasteiger charge is 2.07. The Morgan fingerprint density at radius 1 is 1.67 bits per heavy atom. The topological polar surface area (TPSA) is 59.8 Å².